The molecule has 0 saturated heterocycles. The largest absolute Gasteiger partial charge is 0.326 e. The van der Waals surface area contributed by atoms with Crippen LogP contribution in [0.15, 0.2) is 24.3 Å². The molecule has 3 rings (SSSR count). The molecular formula is C18H17N3O2S. The van der Waals surface area contributed by atoms with Crippen LogP contribution in [0.3, 0.4) is 0 Å². The summed E-state index contributed by atoms with van der Waals surface area (Å²) in [6.45, 7) is 3.94. The van der Waals surface area contributed by atoms with E-state index in [-0.39, 0.29) is 18.2 Å². The van der Waals surface area contributed by atoms with Gasteiger partial charge in [-0.3, -0.25) is 9.59 Å². The molecule has 0 aliphatic carbocycles. The van der Waals surface area contributed by atoms with E-state index in [1.54, 1.807) is 6.07 Å². The third kappa shape index (κ3) is 2.79. The van der Waals surface area contributed by atoms with Crippen LogP contribution >= 0.6 is 11.3 Å². The molecule has 2 aromatic rings. The molecule has 5 nitrogen and oxygen atoms in total. The zero-order chi connectivity index (χ0) is 17.3. The third-order valence-electron chi connectivity index (χ3n) is 4.23. The number of anilines is 2. The molecule has 2 heterocycles. The maximum Gasteiger partial charge on any atom is 0.233 e. The molecule has 1 aromatic heterocycles. The molecule has 1 atom stereocenters. The second kappa shape index (κ2) is 6.46. The molecule has 1 unspecified atom stereocenters. The number of benzene rings is 1. The average molecular weight is 339 g/mol. The standard InChI is InChI=1S/C18H17N3O2S/c1-3-11-10(2)24-18(14(11)9-19)21-17(23)13-8-16(22)20-15-7-5-4-6-12(13)15/h4-7,13H,3,8H2,1-2H3,(H,20,22)(H,21,23). The van der Waals surface area contributed by atoms with Crippen LogP contribution in [-0.2, 0) is 16.0 Å². The van der Waals surface area contributed by atoms with Crippen molar-refractivity contribution in [2.24, 2.45) is 0 Å². The lowest BCUT2D eigenvalue weighted by atomic mass is 9.90. The third-order valence-corrected chi connectivity index (χ3v) is 5.29. The number of carbonyl (C=O) groups excluding carboxylic acids is 2. The number of nitrogens with one attached hydrogen (secondary N) is 2. The van der Waals surface area contributed by atoms with Crippen molar-refractivity contribution in [2.45, 2.75) is 32.6 Å². The van der Waals surface area contributed by atoms with Crippen LogP contribution in [0, 0.1) is 18.3 Å². The molecule has 2 N–H and O–H groups in total. The van der Waals surface area contributed by atoms with Crippen molar-refractivity contribution in [3.63, 3.8) is 0 Å². The van der Waals surface area contributed by atoms with E-state index in [1.807, 2.05) is 32.0 Å². The quantitative estimate of drug-likeness (QED) is 0.897. The number of aryl methyl sites for hydroxylation is 1. The van der Waals surface area contributed by atoms with E-state index in [0.717, 1.165) is 22.4 Å². The first-order chi connectivity index (χ1) is 11.5. The first-order valence-electron chi connectivity index (χ1n) is 7.77. The van der Waals surface area contributed by atoms with Crippen LogP contribution in [0.1, 0.15) is 40.8 Å². The minimum absolute atomic E-state index is 0.107. The number of thiophene rings is 1. The zero-order valence-corrected chi connectivity index (χ0v) is 14.3. The maximum atomic E-state index is 12.8. The van der Waals surface area contributed by atoms with E-state index >= 15 is 0 Å². The van der Waals surface area contributed by atoms with Gasteiger partial charge >= 0.3 is 0 Å². The van der Waals surface area contributed by atoms with Crippen LogP contribution in [0.5, 0.6) is 0 Å². The van der Waals surface area contributed by atoms with E-state index in [4.69, 9.17) is 0 Å². The highest BCUT2D eigenvalue weighted by Crippen LogP contribution is 2.36. The summed E-state index contributed by atoms with van der Waals surface area (Å²) >= 11 is 1.41. The first kappa shape index (κ1) is 16.2. The summed E-state index contributed by atoms with van der Waals surface area (Å²) in [4.78, 5) is 25.7. The molecule has 24 heavy (non-hydrogen) atoms. The Bertz CT molecular complexity index is 864. The fraction of sp³-hybridized carbons (Fsp3) is 0.278. The summed E-state index contributed by atoms with van der Waals surface area (Å²) in [5.41, 5.74) is 2.98. The van der Waals surface area contributed by atoms with Gasteiger partial charge in [-0.05, 0) is 30.5 Å². The van der Waals surface area contributed by atoms with Crippen LogP contribution < -0.4 is 10.6 Å². The molecule has 6 heteroatoms. The molecule has 1 aliphatic heterocycles. The highest BCUT2D eigenvalue weighted by Gasteiger charge is 2.31. The van der Waals surface area contributed by atoms with Crippen molar-refractivity contribution < 1.29 is 9.59 Å². The van der Waals surface area contributed by atoms with E-state index in [1.165, 1.54) is 11.3 Å². The van der Waals surface area contributed by atoms with Crippen LogP contribution in [-0.4, -0.2) is 11.8 Å². The zero-order valence-electron chi connectivity index (χ0n) is 13.5. The van der Waals surface area contributed by atoms with E-state index in [9.17, 15) is 14.9 Å². The Kier molecular flexibility index (Phi) is 4.36. The lowest BCUT2D eigenvalue weighted by molar-refractivity contribution is -0.123. The summed E-state index contributed by atoms with van der Waals surface area (Å²) in [5.74, 6) is -0.974. The van der Waals surface area contributed by atoms with Crippen molar-refractivity contribution >= 4 is 33.8 Å². The number of nitriles is 1. The SMILES string of the molecule is CCc1c(C)sc(NC(=O)C2CC(=O)Nc3ccccc32)c1C#N. The topological polar surface area (TPSA) is 82.0 Å². The first-order valence-corrected chi connectivity index (χ1v) is 8.58. The molecular weight excluding hydrogens is 322 g/mol. The predicted octanol–water partition coefficient (Wildman–Crippen LogP) is 3.56. The number of rotatable bonds is 3. The lowest BCUT2D eigenvalue weighted by Gasteiger charge is -2.24. The van der Waals surface area contributed by atoms with Gasteiger partial charge in [-0.25, -0.2) is 0 Å². The minimum atomic E-state index is -0.547. The Morgan fingerprint density at radius 2 is 2.21 bits per heavy atom. The highest BCUT2D eigenvalue weighted by atomic mass is 32.1. The number of hydrogen-bond donors (Lipinski definition) is 2. The molecule has 1 aliphatic rings. The van der Waals surface area contributed by atoms with Gasteiger partial charge in [0.15, 0.2) is 0 Å². The number of nitrogens with zero attached hydrogens (tertiary/aromatic N) is 1. The number of carbonyl (C=O) groups is 2. The van der Waals surface area contributed by atoms with Crippen LogP contribution in [0.4, 0.5) is 10.7 Å². The van der Waals surface area contributed by atoms with Crippen molar-refractivity contribution in [2.75, 3.05) is 10.6 Å². The molecule has 1 aromatic carbocycles. The van der Waals surface area contributed by atoms with Gasteiger partial charge in [0.25, 0.3) is 0 Å². The van der Waals surface area contributed by atoms with Gasteiger partial charge in [0.2, 0.25) is 11.8 Å². The maximum absolute atomic E-state index is 12.8. The number of para-hydroxylation sites is 1. The molecule has 0 spiro atoms. The lowest BCUT2D eigenvalue weighted by Crippen LogP contribution is -2.30. The van der Waals surface area contributed by atoms with E-state index < -0.39 is 5.92 Å². The van der Waals surface area contributed by atoms with Gasteiger partial charge in [-0.2, -0.15) is 5.26 Å². The van der Waals surface area contributed by atoms with Crippen molar-refractivity contribution in [3.8, 4) is 6.07 Å². The van der Waals surface area contributed by atoms with Crippen molar-refractivity contribution in [3.05, 3.63) is 45.8 Å². The van der Waals surface area contributed by atoms with Gasteiger partial charge in [0.05, 0.1) is 11.5 Å². The van der Waals surface area contributed by atoms with E-state index in [0.29, 0.717) is 16.3 Å². The fourth-order valence-corrected chi connectivity index (χ4v) is 4.15. The second-order valence-corrected chi connectivity index (χ2v) is 6.91. The van der Waals surface area contributed by atoms with Gasteiger partial charge in [-0.1, -0.05) is 25.1 Å². The molecule has 0 bridgehead atoms. The van der Waals surface area contributed by atoms with Crippen LogP contribution in [0.25, 0.3) is 0 Å². The Morgan fingerprint density at radius 3 is 2.92 bits per heavy atom. The Morgan fingerprint density at radius 1 is 1.46 bits per heavy atom. The monoisotopic (exact) mass is 339 g/mol. The summed E-state index contributed by atoms with van der Waals surface area (Å²) in [7, 11) is 0. The van der Waals surface area contributed by atoms with Gasteiger partial charge in [-0.15, -0.1) is 11.3 Å². The number of hydrogen-bond acceptors (Lipinski definition) is 4. The normalized spacial score (nSPS) is 16.0. The van der Waals surface area contributed by atoms with Crippen LogP contribution in [0.2, 0.25) is 0 Å². The highest BCUT2D eigenvalue weighted by molar-refractivity contribution is 7.16. The van der Waals surface area contributed by atoms with Gasteiger partial charge in [0, 0.05) is 17.0 Å². The second-order valence-electron chi connectivity index (χ2n) is 5.69. The number of fused-ring (bicyclic) bond motifs is 1. The molecule has 122 valence electrons. The Hall–Kier alpha value is -2.65. The van der Waals surface area contributed by atoms with Gasteiger partial charge < -0.3 is 10.6 Å². The average Bonchev–Trinajstić information content (AvgIpc) is 2.88. The van der Waals surface area contributed by atoms with Gasteiger partial charge in [0.1, 0.15) is 11.1 Å². The van der Waals surface area contributed by atoms with Crippen molar-refractivity contribution in [1.29, 1.82) is 5.26 Å². The summed E-state index contributed by atoms with van der Waals surface area (Å²) in [6.07, 6.45) is 0.853. The summed E-state index contributed by atoms with van der Waals surface area (Å²) < 4.78 is 0. The molecule has 2 amide bonds. The van der Waals surface area contributed by atoms with Crippen molar-refractivity contribution in [1.82, 2.24) is 0 Å². The molecule has 0 radical (unpaired) electrons. The molecule has 0 fully saturated rings. The Labute approximate surface area is 144 Å². The molecule has 0 saturated carbocycles. The smallest absolute Gasteiger partial charge is 0.233 e. The minimum Gasteiger partial charge on any atom is -0.326 e. The fourth-order valence-electron chi connectivity index (χ4n) is 3.06. The number of amides is 2. The predicted molar refractivity (Wildman–Crippen MR) is 94.2 cm³/mol. The summed E-state index contributed by atoms with van der Waals surface area (Å²) in [5, 5.41) is 15.6. The van der Waals surface area contributed by atoms with E-state index in [2.05, 4.69) is 16.7 Å². The Balaban J connectivity index is 1.92. The summed E-state index contributed by atoms with van der Waals surface area (Å²) in [6, 6.07) is 9.50.